The van der Waals surface area contributed by atoms with Gasteiger partial charge in [0, 0.05) is 45.3 Å². The molecule has 1 unspecified atom stereocenters. The number of halogens is 2. The van der Waals surface area contributed by atoms with Gasteiger partial charge in [-0.1, -0.05) is 0 Å². The van der Waals surface area contributed by atoms with Gasteiger partial charge in [0.15, 0.2) is 9.84 Å². The zero-order valence-electron chi connectivity index (χ0n) is 16.1. The van der Waals surface area contributed by atoms with E-state index in [0.717, 1.165) is 6.26 Å². The fourth-order valence-corrected chi connectivity index (χ4v) is 5.84. The third-order valence-corrected chi connectivity index (χ3v) is 8.44. The summed E-state index contributed by atoms with van der Waals surface area (Å²) in [5, 5.41) is 0. The van der Waals surface area contributed by atoms with Crippen LogP contribution in [0.4, 0.5) is 8.78 Å². The van der Waals surface area contributed by atoms with E-state index in [-0.39, 0.29) is 54.7 Å². The lowest BCUT2D eigenvalue weighted by Crippen LogP contribution is -2.49. The fourth-order valence-electron chi connectivity index (χ4n) is 3.68. The number of likely N-dealkylation sites (tertiary alicyclic amines) is 1. The highest BCUT2D eigenvalue weighted by atomic mass is 32.2. The van der Waals surface area contributed by atoms with Crippen molar-refractivity contribution in [2.24, 2.45) is 5.92 Å². The third kappa shape index (κ3) is 4.95. The highest BCUT2D eigenvalue weighted by Gasteiger charge is 2.39. The molecule has 0 aromatic heterocycles. The molecule has 0 N–H and O–H groups in total. The number of sulfone groups is 1. The number of piperidine rings is 2. The molecule has 0 bridgehead atoms. The summed E-state index contributed by atoms with van der Waals surface area (Å²) in [6, 6.07) is 4.96. The van der Waals surface area contributed by atoms with E-state index >= 15 is 0 Å². The first-order valence-corrected chi connectivity index (χ1v) is 12.7. The molecule has 11 heteroatoms. The number of carbonyl (C=O) groups excluding carboxylic acids is 1. The van der Waals surface area contributed by atoms with E-state index in [1.54, 1.807) is 0 Å². The van der Waals surface area contributed by atoms with Crippen molar-refractivity contribution in [2.45, 2.75) is 41.4 Å². The molecule has 0 aliphatic carbocycles. The Labute approximate surface area is 169 Å². The van der Waals surface area contributed by atoms with E-state index in [0.29, 0.717) is 12.8 Å². The van der Waals surface area contributed by atoms with Crippen LogP contribution in [0.5, 0.6) is 0 Å². The maximum atomic E-state index is 13.3. The Bertz CT molecular complexity index is 968. The second-order valence-electron chi connectivity index (χ2n) is 7.63. The monoisotopic (exact) mass is 450 g/mol. The van der Waals surface area contributed by atoms with Crippen LogP contribution in [-0.2, 0) is 24.7 Å². The molecule has 0 radical (unpaired) electrons. The first kappa shape index (κ1) is 22.1. The standard InChI is InChI=1S/C18H24F2N2O5S2/c1-28(24,25)15-4-6-16(7-5-15)29(26,27)22-10-2-3-14(13-22)17(23)21-11-8-18(19,20)9-12-21/h4-7,14H,2-3,8-13H2,1H3. The Morgan fingerprint density at radius 3 is 2.10 bits per heavy atom. The second kappa shape index (κ2) is 7.92. The molecule has 2 fully saturated rings. The van der Waals surface area contributed by atoms with Crippen LogP contribution in [0.1, 0.15) is 25.7 Å². The zero-order chi connectivity index (χ0) is 21.4. The molecule has 2 heterocycles. The van der Waals surface area contributed by atoms with Crippen LogP contribution >= 0.6 is 0 Å². The highest BCUT2D eigenvalue weighted by Crippen LogP contribution is 2.30. The van der Waals surface area contributed by atoms with Crippen molar-refractivity contribution < 1.29 is 30.4 Å². The van der Waals surface area contributed by atoms with E-state index in [9.17, 15) is 30.4 Å². The Balaban J connectivity index is 1.72. The minimum Gasteiger partial charge on any atom is -0.342 e. The van der Waals surface area contributed by atoms with Crippen LogP contribution in [0, 0.1) is 5.92 Å². The number of hydrogen-bond donors (Lipinski definition) is 0. The highest BCUT2D eigenvalue weighted by molar-refractivity contribution is 7.90. The molecule has 2 aliphatic rings. The molecular weight excluding hydrogens is 426 g/mol. The Hall–Kier alpha value is -1.59. The van der Waals surface area contributed by atoms with Gasteiger partial charge in [0.05, 0.1) is 15.7 Å². The summed E-state index contributed by atoms with van der Waals surface area (Å²) >= 11 is 0. The molecule has 3 rings (SSSR count). The van der Waals surface area contributed by atoms with Gasteiger partial charge < -0.3 is 4.90 Å². The minimum atomic E-state index is -3.89. The van der Waals surface area contributed by atoms with Crippen molar-refractivity contribution in [1.82, 2.24) is 9.21 Å². The SMILES string of the molecule is CS(=O)(=O)c1ccc(S(=O)(=O)N2CCCC(C(=O)N3CCC(F)(F)CC3)C2)cc1. The van der Waals surface area contributed by atoms with Crippen molar-refractivity contribution in [3.63, 3.8) is 0 Å². The number of sulfonamides is 1. The maximum absolute atomic E-state index is 13.3. The van der Waals surface area contributed by atoms with Crippen molar-refractivity contribution in [3.8, 4) is 0 Å². The van der Waals surface area contributed by atoms with Crippen LogP contribution < -0.4 is 0 Å². The lowest BCUT2D eigenvalue weighted by molar-refractivity contribution is -0.142. The van der Waals surface area contributed by atoms with Crippen molar-refractivity contribution >= 4 is 25.8 Å². The molecule has 1 aromatic carbocycles. The van der Waals surface area contributed by atoms with Crippen molar-refractivity contribution in [3.05, 3.63) is 24.3 Å². The summed E-state index contributed by atoms with van der Waals surface area (Å²) in [5.41, 5.74) is 0. The summed E-state index contributed by atoms with van der Waals surface area (Å²) in [6.07, 6.45) is 1.28. The Morgan fingerprint density at radius 2 is 1.55 bits per heavy atom. The van der Waals surface area contributed by atoms with E-state index in [1.807, 2.05) is 0 Å². The topological polar surface area (TPSA) is 91.8 Å². The van der Waals surface area contributed by atoms with Gasteiger partial charge in [-0.2, -0.15) is 4.31 Å². The summed E-state index contributed by atoms with van der Waals surface area (Å²) in [4.78, 5) is 14.1. The third-order valence-electron chi connectivity index (χ3n) is 5.43. The van der Waals surface area contributed by atoms with E-state index in [1.165, 1.54) is 33.5 Å². The molecule has 29 heavy (non-hydrogen) atoms. The number of hydrogen-bond acceptors (Lipinski definition) is 5. The molecule has 1 aromatic rings. The average molecular weight is 451 g/mol. The molecule has 2 aliphatic heterocycles. The molecule has 1 amide bonds. The number of benzene rings is 1. The largest absolute Gasteiger partial charge is 0.342 e. The summed E-state index contributed by atoms with van der Waals surface area (Å²) in [7, 11) is -7.33. The molecule has 7 nitrogen and oxygen atoms in total. The zero-order valence-corrected chi connectivity index (χ0v) is 17.7. The summed E-state index contributed by atoms with van der Waals surface area (Å²) < 4.78 is 76.8. The predicted octanol–water partition coefficient (Wildman–Crippen LogP) is 1.75. The van der Waals surface area contributed by atoms with Gasteiger partial charge in [-0.25, -0.2) is 25.6 Å². The lowest BCUT2D eigenvalue weighted by atomic mass is 9.96. The first-order valence-electron chi connectivity index (χ1n) is 9.37. The van der Waals surface area contributed by atoms with Gasteiger partial charge in [0.25, 0.3) is 5.92 Å². The van der Waals surface area contributed by atoms with Gasteiger partial charge in [-0.15, -0.1) is 0 Å². The van der Waals surface area contributed by atoms with Crippen LogP contribution in [0.25, 0.3) is 0 Å². The number of rotatable bonds is 4. The average Bonchev–Trinajstić information content (AvgIpc) is 2.67. The van der Waals surface area contributed by atoms with E-state index in [2.05, 4.69) is 0 Å². The fraction of sp³-hybridized carbons (Fsp3) is 0.611. The Kier molecular flexibility index (Phi) is 6.03. The van der Waals surface area contributed by atoms with Gasteiger partial charge in [-0.3, -0.25) is 4.79 Å². The summed E-state index contributed by atoms with van der Waals surface area (Å²) in [5.74, 6) is -3.61. The van der Waals surface area contributed by atoms with Crippen LogP contribution in [0.3, 0.4) is 0 Å². The molecule has 1 atom stereocenters. The van der Waals surface area contributed by atoms with Crippen LogP contribution in [0.15, 0.2) is 34.1 Å². The molecule has 0 spiro atoms. The molecular formula is C18H24F2N2O5S2. The molecule has 0 saturated carbocycles. The van der Waals surface area contributed by atoms with Crippen molar-refractivity contribution in [1.29, 1.82) is 0 Å². The molecule has 162 valence electrons. The number of carbonyl (C=O) groups is 1. The van der Waals surface area contributed by atoms with Gasteiger partial charge in [-0.05, 0) is 37.1 Å². The van der Waals surface area contributed by atoms with E-state index in [4.69, 9.17) is 0 Å². The van der Waals surface area contributed by atoms with Crippen LogP contribution in [0.2, 0.25) is 0 Å². The normalized spacial score (nSPS) is 23.7. The second-order valence-corrected chi connectivity index (χ2v) is 11.6. The van der Waals surface area contributed by atoms with Crippen molar-refractivity contribution in [2.75, 3.05) is 32.4 Å². The van der Waals surface area contributed by atoms with E-state index < -0.39 is 31.7 Å². The maximum Gasteiger partial charge on any atom is 0.251 e. The minimum absolute atomic E-state index is 0.0120. The number of amides is 1. The lowest BCUT2D eigenvalue weighted by Gasteiger charge is -2.37. The van der Waals surface area contributed by atoms with Gasteiger partial charge >= 0.3 is 0 Å². The predicted molar refractivity (Wildman–Crippen MR) is 102 cm³/mol. The summed E-state index contributed by atoms with van der Waals surface area (Å²) in [6.45, 7) is 0.184. The van der Waals surface area contributed by atoms with Gasteiger partial charge in [0.1, 0.15) is 0 Å². The Morgan fingerprint density at radius 1 is 1.00 bits per heavy atom. The molecule has 2 saturated heterocycles. The number of nitrogens with zero attached hydrogens (tertiary/aromatic N) is 2. The first-order chi connectivity index (χ1) is 13.4. The quantitative estimate of drug-likeness (QED) is 0.697. The number of alkyl halides is 2. The smallest absolute Gasteiger partial charge is 0.251 e. The van der Waals surface area contributed by atoms with Crippen LogP contribution in [-0.4, -0.2) is 70.3 Å². The van der Waals surface area contributed by atoms with Gasteiger partial charge in [0.2, 0.25) is 15.9 Å².